The van der Waals surface area contributed by atoms with Crippen molar-refractivity contribution in [1.82, 2.24) is 0 Å². The molecular weight excluding hydrogens is 339 g/mol. The van der Waals surface area contributed by atoms with Crippen molar-refractivity contribution in [3.8, 4) is 0 Å². The highest BCUT2D eigenvalue weighted by Crippen LogP contribution is 2.34. The molecule has 0 fully saturated rings. The van der Waals surface area contributed by atoms with E-state index in [1.54, 1.807) is 12.1 Å². The lowest BCUT2D eigenvalue weighted by Gasteiger charge is -2.28. The summed E-state index contributed by atoms with van der Waals surface area (Å²) in [6.45, 7) is -0.178. The van der Waals surface area contributed by atoms with Gasteiger partial charge in [0.1, 0.15) is 12.4 Å². The van der Waals surface area contributed by atoms with E-state index in [1.165, 1.54) is 34.9 Å². The van der Waals surface area contributed by atoms with E-state index >= 15 is 0 Å². The summed E-state index contributed by atoms with van der Waals surface area (Å²) in [6.07, 6.45) is 0. The number of para-hydroxylation sites is 1. The molecule has 0 spiro atoms. The van der Waals surface area contributed by atoms with Crippen LogP contribution < -0.4 is 10.2 Å². The number of halogens is 2. The Balaban J connectivity index is 1.78. The maximum Gasteiger partial charge on any atom is 0.244 e. The van der Waals surface area contributed by atoms with Crippen LogP contribution in [0.25, 0.3) is 0 Å². The van der Waals surface area contributed by atoms with Crippen LogP contribution in [-0.2, 0) is 9.59 Å². The van der Waals surface area contributed by atoms with Gasteiger partial charge in [-0.05, 0) is 30.3 Å². The van der Waals surface area contributed by atoms with Crippen LogP contribution >= 0.6 is 23.4 Å². The summed E-state index contributed by atoms with van der Waals surface area (Å²) in [6, 6.07) is 11.3. The zero-order valence-corrected chi connectivity index (χ0v) is 13.5. The van der Waals surface area contributed by atoms with E-state index in [-0.39, 0.29) is 23.9 Å². The molecule has 1 aliphatic heterocycles. The second-order valence-corrected chi connectivity index (χ2v) is 6.36. The van der Waals surface area contributed by atoms with E-state index in [4.69, 9.17) is 11.6 Å². The molecular formula is C16H12ClFN2O2S. The molecule has 0 unspecified atom stereocenters. The lowest BCUT2D eigenvalue weighted by molar-refractivity contribution is -0.120. The van der Waals surface area contributed by atoms with Crippen molar-refractivity contribution >= 4 is 46.6 Å². The summed E-state index contributed by atoms with van der Waals surface area (Å²) in [4.78, 5) is 26.6. The Morgan fingerprint density at radius 2 is 2.09 bits per heavy atom. The SMILES string of the molecule is O=C(CN1C(=O)CSc2ccccc21)Nc1cc(Cl)ccc1F. The minimum Gasteiger partial charge on any atom is -0.322 e. The number of thioether (sulfide) groups is 1. The highest BCUT2D eigenvalue weighted by Gasteiger charge is 2.26. The standard InChI is InChI=1S/C16H12ClFN2O2S/c17-10-5-6-11(18)12(7-10)19-15(21)8-20-13-3-1-2-4-14(13)23-9-16(20)22/h1-7H,8-9H2,(H,19,21). The van der Waals surface area contributed by atoms with Crippen LogP contribution in [0.15, 0.2) is 47.4 Å². The third-order valence-corrected chi connectivity index (χ3v) is 4.60. The first kappa shape index (κ1) is 15.8. The zero-order chi connectivity index (χ0) is 16.4. The van der Waals surface area contributed by atoms with E-state index in [1.807, 2.05) is 12.1 Å². The fraction of sp³-hybridized carbons (Fsp3) is 0.125. The van der Waals surface area contributed by atoms with Gasteiger partial charge in [-0.15, -0.1) is 11.8 Å². The van der Waals surface area contributed by atoms with Crippen molar-refractivity contribution in [2.24, 2.45) is 0 Å². The molecule has 118 valence electrons. The first-order chi connectivity index (χ1) is 11.0. The number of benzene rings is 2. The number of rotatable bonds is 3. The lowest BCUT2D eigenvalue weighted by Crippen LogP contribution is -2.41. The number of anilines is 2. The predicted octanol–water partition coefficient (Wildman–Crippen LogP) is 3.56. The molecule has 0 saturated heterocycles. The molecule has 1 aliphatic rings. The summed E-state index contributed by atoms with van der Waals surface area (Å²) in [5.41, 5.74) is 0.685. The van der Waals surface area contributed by atoms with Crippen LogP contribution in [0.1, 0.15) is 0 Å². The quantitative estimate of drug-likeness (QED) is 0.920. The van der Waals surface area contributed by atoms with Crippen LogP contribution in [0, 0.1) is 5.82 Å². The Morgan fingerprint density at radius 1 is 1.30 bits per heavy atom. The minimum absolute atomic E-state index is 0.00498. The molecule has 1 heterocycles. The number of hydrogen-bond donors (Lipinski definition) is 1. The maximum absolute atomic E-state index is 13.7. The molecule has 0 aliphatic carbocycles. The van der Waals surface area contributed by atoms with E-state index in [0.717, 1.165) is 4.90 Å². The summed E-state index contributed by atoms with van der Waals surface area (Å²) in [5, 5.41) is 2.77. The number of fused-ring (bicyclic) bond motifs is 1. The van der Waals surface area contributed by atoms with Gasteiger partial charge in [-0.1, -0.05) is 23.7 Å². The van der Waals surface area contributed by atoms with E-state index in [2.05, 4.69) is 5.32 Å². The van der Waals surface area contributed by atoms with Gasteiger partial charge in [0.25, 0.3) is 0 Å². The summed E-state index contributed by atoms with van der Waals surface area (Å²) in [7, 11) is 0. The predicted molar refractivity (Wildman–Crippen MR) is 89.6 cm³/mol. The van der Waals surface area contributed by atoms with Crippen molar-refractivity contribution in [3.63, 3.8) is 0 Å². The van der Waals surface area contributed by atoms with Gasteiger partial charge < -0.3 is 10.2 Å². The number of hydrogen-bond acceptors (Lipinski definition) is 3. The number of nitrogens with one attached hydrogen (secondary N) is 1. The molecule has 0 bridgehead atoms. The van der Waals surface area contributed by atoms with Crippen molar-refractivity contribution in [2.75, 3.05) is 22.5 Å². The van der Waals surface area contributed by atoms with Crippen molar-refractivity contribution in [3.05, 3.63) is 53.3 Å². The summed E-state index contributed by atoms with van der Waals surface area (Å²) >= 11 is 7.23. The molecule has 0 atom stereocenters. The first-order valence-electron chi connectivity index (χ1n) is 6.81. The van der Waals surface area contributed by atoms with Crippen LogP contribution in [0.2, 0.25) is 5.02 Å². The molecule has 3 rings (SSSR count). The summed E-state index contributed by atoms with van der Waals surface area (Å²) in [5.74, 6) is -0.948. The molecule has 2 amide bonds. The van der Waals surface area contributed by atoms with Gasteiger partial charge in [-0.3, -0.25) is 9.59 Å². The second-order valence-electron chi connectivity index (χ2n) is 4.91. The lowest BCUT2D eigenvalue weighted by atomic mass is 10.2. The van der Waals surface area contributed by atoms with E-state index in [0.29, 0.717) is 10.7 Å². The second kappa shape index (κ2) is 6.60. The Labute approximate surface area is 141 Å². The average Bonchev–Trinajstić information content (AvgIpc) is 2.54. The normalized spacial score (nSPS) is 13.7. The van der Waals surface area contributed by atoms with Crippen LogP contribution in [0.4, 0.5) is 15.8 Å². The fourth-order valence-corrected chi connectivity index (χ4v) is 3.36. The van der Waals surface area contributed by atoms with Crippen LogP contribution in [0.3, 0.4) is 0 Å². The molecule has 0 saturated carbocycles. The number of nitrogens with zero attached hydrogens (tertiary/aromatic N) is 1. The van der Waals surface area contributed by atoms with Crippen molar-refractivity contribution < 1.29 is 14.0 Å². The number of amides is 2. The zero-order valence-electron chi connectivity index (χ0n) is 11.9. The molecule has 2 aromatic carbocycles. The van der Waals surface area contributed by atoms with E-state index in [9.17, 15) is 14.0 Å². The molecule has 1 N–H and O–H groups in total. The average molecular weight is 351 g/mol. The number of carbonyl (C=O) groups is 2. The Kier molecular flexibility index (Phi) is 4.54. The van der Waals surface area contributed by atoms with Gasteiger partial charge >= 0.3 is 0 Å². The van der Waals surface area contributed by atoms with Gasteiger partial charge in [0.05, 0.1) is 17.1 Å². The van der Waals surface area contributed by atoms with Crippen molar-refractivity contribution in [1.29, 1.82) is 0 Å². The molecule has 0 radical (unpaired) electrons. The maximum atomic E-state index is 13.7. The van der Waals surface area contributed by atoms with Gasteiger partial charge in [-0.25, -0.2) is 4.39 Å². The monoisotopic (exact) mass is 350 g/mol. The smallest absolute Gasteiger partial charge is 0.244 e. The third kappa shape index (κ3) is 3.48. The van der Waals surface area contributed by atoms with Gasteiger partial charge in [0.2, 0.25) is 11.8 Å². The van der Waals surface area contributed by atoms with E-state index < -0.39 is 11.7 Å². The van der Waals surface area contributed by atoms with Gasteiger partial charge in [0, 0.05) is 9.92 Å². The molecule has 2 aromatic rings. The Hall–Kier alpha value is -2.05. The molecule has 4 nitrogen and oxygen atoms in total. The fourth-order valence-electron chi connectivity index (χ4n) is 2.25. The summed E-state index contributed by atoms with van der Waals surface area (Å²) < 4.78 is 13.7. The largest absolute Gasteiger partial charge is 0.322 e. The van der Waals surface area contributed by atoms with Crippen LogP contribution in [-0.4, -0.2) is 24.1 Å². The molecule has 0 aromatic heterocycles. The third-order valence-electron chi connectivity index (χ3n) is 3.31. The molecule has 7 heteroatoms. The van der Waals surface area contributed by atoms with Gasteiger partial charge in [-0.2, -0.15) is 0 Å². The highest BCUT2D eigenvalue weighted by molar-refractivity contribution is 8.00. The topological polar surface area (TPSA) is 49.4 Å². The first-order valence-corrected chi connectivity index (χ1v) is 8.18. The molecule has 23 heavy (non-hydrogen) atoms. The highest BCUT2D eigenvalue weighted by atomic mass is 35.5. The van der Waals surface area contributed by atoms with Crippen molar-refractivity contribution in [2.45, 2.75) is 4.90 Å². The Bertz CT molecular complexity index is 784. The minimum atomic E-state index is -0.580. The Morgan fingerprint density at radius 3 is 2.91 bits per heavy atom. The number of carbonyl (C=O) groups excluding carboxylic acids is 2. The van der Waals surface area contributed by atoms with Gasteiger partial charge in [0.15, 0.2) is 0 Å². The van der Waals surface area contributed by atoms with Crippen LogP contribution in [0.5, 0.6) is 0 Å².